The number of carbonyl (C=O) groups excluding carboxylic acids is 4. The summed E-state index contributed by atoms with van der Waals surface area (Å²) in [6.07, 6.45) is 41.6. The molecule has 2 aliphatic rings. The lowest BCUT2D eigenvalue weighted by Crippen LogP contribution is -2.57. The zero-order valence-electron chi connectivity index (χ0n) is 32.7. The molecule has 2 rings (SSSR count). The van der Waals surface area contributed by atoms with E-state index in [4.69, 9.17) is 0 Å². The van der Waals surface area contributed by atoms with Crippen molar-refractivity contribution in [3.63, 3.8) is 0 Å². The van der Waals surface area contributed by atoms with Crippen molar-refractivity contribution < 1.29 is 37.8 Å². The Morgan fingerprint density at radius 1 is 0.440 bits per heavy atom. The van der Waals surface area contributed by atoms with Crippen LogP contribution in [-0.4, -0.2) is 55.5 Å². The minimum absolute atomic E-state index is 0.252. The number of rotatable bonds is 28. The molecule has 290 valence electrons. The zero-order valence-corrected chi connectivity index (χ0v) is 33.6. The van der Waals surface area contributed by atoms with E-state index in [0.29, 0.717) is 0 Å². The van der Waals surface area contributed by atoms with Gasteiger partial charge in [0.05, 0.1) is 37.5 Å². The first-order valence-electron chi connectivity index (χ1n) is 20.7. The Hall–Kier alpha value is -1.89. The summed E-state index contributed by atoms with van der Waals surface area (Å²) in [6, 6.07) is 0. The molecule has 0 saturated carbocycles. The smallest absolute Gasteiger partial charge is 0.585 e. The Morgan fingerprint density at radius 2 is 0.700 bits per heavy atom. The van der Waals surface area contributed by atoms with Crippen molar-refractivity contribution in [3.05, 3.63) is 12.2 Å². The first kappa shape index (κ1) is 46.1. The molecule has 2 saturated heterocycles. The van der Waals surface area contributed by atoms with Gasteiger partial charge in [-0.25, -0.2) is 0 Å². The molecule has 0 atom stereocenters. The molecule has 1 spiro atoms. The summed E-state index contributed by atoms with van der Waals surface area (Å²) in [4.78, 5) is 44.7. The van der Waals surface area contributed by atoms with Crippen LogP contribution in [0.3, 0.4) is 0 Å². The minimum atomic E-state index is -3.48. The molecule has 0 aromatic heterocycles. The van der Waals surface area contributed by atoms with Crippen molar-refractivity contribution in [1.82, 2.24) is 0 Å². The van der Waals surface area contributed by atoms with Gasteiger partial charge in [0.1, 0.15) is 5.57 Å². The molecule has 0 bridgehead atoms. The van der Waals surface area contributed by atoms with Crippen molar-refractivity contribution in [2.75, 3.05) is 24.6 Å². The van der Waals surface area contributed by atoms with Gasteiger partial charge in [-0.15, -0.1) is 0 Å². The van der Waals surface area contributed by atoms with Crippen LogP contribution in [0.1, 0.15) is 195 Å². The second-order valence-electron chi connectivity index (χ2n) is 14.7. The lowest BCUT2D eigenvalue weighted by Gasteiger charge is -2.39. The van der Waals surface area contributed by atoms with Crippen molar-refractivity contribution >= 4 is 38.1 Å². The van der Waals surface area contributed by atoms with Crippen LogP contribution in [0.5, 0.6) is 0 Å². The van der Waals surface area contributed by atoms with Gasteiger partial charge >= 0.3 is 18.9 Å². The molecule has 0 aromatic rings. The van der Waals surface area contributed by atoms with Gasteiger partial charge in [-0.2, -0.15) is 0 Å². The van der Waals surface area contributed by atoms with Crippen LogP contribution in [0.2, 0.25) is 0 Å². The van der Waals surface area contributed by atoms with Gasteiger partial charge < -0.3 is 18.6 Å². The molecule has 0 amide bonds. The average molecular weight is 725 g/mol. The molecule has 0 aromatic carbocycles. The Morgan fingerprint density at radius 3 is 1.00 bits per heavy atom. The van der Waals surface area contributed by atoms with E-state index in [1.807, 2.05) is 0 Å². The molecule has 50 heavy (non-hydrogen) atoms. The summed E-state index contributed by atoms with van der Waals surface area (Å²) < 4.78 is 18.1. The van der Waals surface area contributed by atoms with Crippen LogP contribution in [0.25, 0.3) is 0 Å². The highest BCUT2D eigenvalue weighted by Crippen LogP contribution is 2.61. The fourth-order valence-electron chi connectivity index (χ4n) is 6.86. The molecule has 0 radical (unpaired) electrons. The predicted octanol–water partition coefficient (Wildman–Crippen LogP) is 11.4. The predicted molar refractivity (Wildman–Crippen MR) is 208 cm³/mol. The van der Waals surface area contributed by atoms with Crippen LogP contribution in [0, 0.1) is 0 Å². The van der Waals surface area contributed by atoms with Gasteiger partial charge in [0.2, 0.25) is 0 Å². The zero-order chi connectivity index (χ0) is 36.9. The third kappa shape index (κ3) is 20.8. The van der Waals surface area contributed by atoms with Crippen LogP contribution < -0.4 is 0 Å². The molecule has 2 fully saturated rings. The van der Waals surface area contributed by atoms with Gasteiger partial charge in [-0.3, -0.25) is 19.2 Å². The largest absolute Gasteiger partial charge is 0.784 e. The highest BCUT2D eigenvalue weighted by Gasteiger charge is 2.53. The standard InChI is InChI=1S/C32H68P.C8H6BO8/c1-5-9-13-17-18-19-20-21-22-23-24-28-32-33(29-25-14-10-6-2,30-26-15-11-7-3)31-27-16-12-8-4;1-4-7(12)16-9(17-8(4)13)14-5(10)2-3-6(11)15-9/h5-32H2,1-4H3;1-3H2/q+1;-1. The van der Waals surface area contributed by atoms with Crippen LogP contribution in [0.4, 0.5) is 0 Å². The van der Waals surface area contributed by atoms with E-state index in [2.05, 4.69) is 52.9 Å². The fourth-order valence-corrected chi connectivity index (χ4v) is 11.8. The van der Waals surface area contributed by atoms with Crippen molar-refractivity contribution in [2.45, 2.75) is 195 Å². The normalized spacial score (nSPS) is 15.9. The molecule has 10 heteroatoms. The summed E-state index contributed by atoms with van der Waals surface area (Å²) in [6.45, 7) is 9.03. The van der Waals surface area contributed by atoms with E-state index >= 15 is 0 Å². The first-order chi connectivity index (χ1) is 24.2. The average Bonchev–Trinajstić information content (AvgIpc) is 3.22. The number of carbonyl (C=O) groups is 4. The van der Waals surface area contributed by atoms with E-state index in [1.54, 1.807) is 50.3 Å². The van der Waals surface area contributed by atoms with Gasteiger partial charge in [0.15, 0.2) is 0 Å². The maximum atomic E-state index is 11.2. The summed E-state index contributed by atoms with van der Waals surface area (Å²) in [5.74, 6) is -4.07. The third-order valence-corrected chi connectivity index (χ3v) is 15.1. The van der Waals surface area contributed by atoms with E-state index in [-0.39, 0.29) is 12.8 Å². The second-order valence-corrected chi connectivity index (χ2v) is 19.1. The summed E-state index contributed by atoms with van der Waals surface area (Å²) in [5.41, 5.74) is -0.575. The van der Waals surface area contributed by atoms with E-state index < -0.39 is 43.7 Å². The monoisotopic (exact) mass is 725 g/mol. The molecular weight excluding hydrogens is 650 g/mol. The molecular formula is C40H74BO8P. The maximum Gasteiger partial charge on any atom is 0.784 e. The minimum Gasteiger partial charge on any atom is -0.585 e. The van der Waals surface area contributed by atoms with E-state index in [0.717, 1.165) is 0 Å². The molecule has 2 aliphatic heterocycles. The number of hydrogen-bond acceptors (Lipinski definition) is 8. The summed E-state index contributed by atoms with van der Waals surface area (Å²) >= 11 is 0. The van der Waals surface area contributed by atoms with Crippen LogP contribution >= 0.6 is 7.26 Å². The van der Waals surface area contributed by atoms with Crippen molar-refractivity contribution in [1.29, 1.82) is 0 Å². The van der Waals surface area contributed by atoms with Crippen molar-refractivity contribution in [3.8, 4) is 0 Å². The quantitative estimate of drug-likeness (QED) is 0.0258. The topological polar surface area (TPSA) is 105 Å². The molecule has 2 heterocycles. The Bertz CT molecular complexity index is 900. The number of hydrogen-bond donors (Lipinski definition) is 0. The summed E-state index contributed by atoms with van der Waals surface area (Å²) in [5, 5.41) is 0. The Kier molecular flexibility index (Phi) is 26.5. The molecule has 0 N–H and O–H groups in total. The van der Waals surface area contributed by atoms with Gasteiger partial charge in [-0.1, -0.05) is 137 Å². The van der Waals surface area contributed by atoms with Crippen LogP contribution in [-0.2, 0) is 37.8 Å². The lowest BCUT2D eigenvalue weighted by atomic mass is 10.0. The van der Waals surface area contributed by atoms with Gasteiger partial charge in [-0.05, 0) is 51.4 Å². The SMILES string of the molecule is C=C1C(=O)O[B-]2(OC(=O)CCC(=O)O2)OC1=O.CCCCCCCCCCCCCC[P+](CCCCCC)(CCCCCC)CCCCCC. The van der Waals surface area contributed by atoms with E-state index in [1.165, 1.54) is 128 Å². The Labute approximate surface area is 306 Å². The Balaban J connectivity index is 0.000000607. The van der Waals surface area contributed by atoms with E-state index in [9.17, 15) is 19.2 Å². The highest BCUT2D eigenvalue weighted by molar-refractivity contribution is 7.75. The highest BCUT2D eigenvalue weighted by atomic mass is 31.2. The molecule has 8 nitrogen and oxygen atoms in total. The maximum absolute atomic E-state index is 11.2. The summed E-state index contributed by atoms with van der Waals surface area (Å²) in [7, 11) is -0.697. The molecule has 0 aliphatic carbocycles. The van der Waals surface area contributed by atoms with Gasteiger partial charge in [0, 0.05) is 7.26 Å². The third-order valence-electron chi connectivity index (χ3n) is 10.0. The van der Waals surface area contributed by atoms with Crippen LogP contribution in [0.15, 0.2) is 12.2 Å². The lowest BCUT2D eigenvalue weighted by molar-refractivity contribution is -0.163. The van der Waals surface area contributed by atoms with Crippen molar-refractivity contribution in [2.24, 2.45) is 0 Å². The number of unbranched alkanes of at least 4 members (excludes halogenated alkanes) is 20. The fraction of sp³-hybridized carbons (Fsp3) is 0.850. The van der Waals surface area contributed by atoms with Gasteiger partial charge in [0.25, 0.3) is 11.9 Å². The first-order valence-corrected chi connectivity index (χ1v) is 23.3. The second kappa shape index (κ2) is 28.7. The molecule has 0 unspecified atom stereocenters.